The summed E-state index contributed by atoms with van der Waals surface area (Å²) < 4.78 is 30.7. The molecule has 0 unspecified atom stereocenters. The van der Waals surface area contributed by atoms with Gasteiger partial charge in [-0.15, -0.1) is 5.73 Å². The van der Waals surface area contributed by atoms with Crippen molar-refractivity contribution in [3.05, 3.63) is 100 Å². The van der Waals surface area contributed by atoms with Gasteiger partial charge in [-0.25, -0.2) is 8.42 Å². The quantitative estimate of drug-likeness (QED) is 0.614. The number of rotatable bonds is 4. The predicted octanol–water partition coefficient (Wildman–Crippen LogP) is 4.91. The lowest BCUT2D eigenvalue weighted by Gasteiger charge is -2.11. The van der Waals surface area contributed by atoms with Crippen LogP contribution < -0.4 is 9.46 Å². The van der Waals surface area contributed by atoms with Gasteiger partial charge in [0.05, 0.1) is 13.4 Å². The van der Waals surface area contributed by atoms with E-state index in [1.807, 2.05) is 24.3 Å². The normalized spacial score (nSPS) is 12.8. The van der Waals surface area contributed by atoms with Crippen LogP contribution in [0.4, 0.5) is 5.69 Å². The fraction of sp³-hybridized carbons (Fsp3) is 0.160. The first-order valence-electron chi connectivity index (χ1n) is 9.73. The molecule has 0 atom stereocenters. The van der Waals surface area contributed by atoms with Crippen molar-refractivity contribution >= 4 is 27.4 Å². The number of sulfonamides is 1. The molecule has 0 bridgehead atoms. The minimum absolute atomic E-state index is 0.541. The van der Waals surface area contributed by atoms with E-state index in [-0.39, 0.29) is 0 Å². The second-order valence-corrected chi connectivity index (χ2v) is 9.09. The van der Waals surface area contributed by atoms with Gasteiger partial charge in [-0.2, -0.15) is 0 Å². The minimum atomic E-state index is -3.29. The molecule has 3 aromatic carbocycles. The third-order valence-electron chi connectivity index (χ3n) is 5.13. The molecule has 1 aliphatic rings. The molecule has 152 valence electrons. The van der Waals surface area contributed by atoms with Crippen LogP contribution in [-0.2, 0) is 22.9 Å². The molecular weight excluding hydrogens is 394 g/mol. The Kier molecular flexibility index (Phi) is 5.49. The van der Waals surface area contributed by atoms with Crippen molar-refractivity contribution in [2.45, 2.75) is 12.8 Å². The molecular formula is C25H23NO3S. The Morgan fingerprint density at radius 2 is 1.63 bits per heavy atom. The van der Waals surface area contributed by atoms with Gasteiger partial charge in [-0.05, 0) is 77.1 Å². The Morgan fingerprint density at radius 1 is 0.933 bits per heavy atom. The van der Waals surface area contributed by atoms with Gasteiger partial charge >= 0.3 is 0 Å². The van der Waals surface area contributed by atoms with E-state index in [0.29, 0.717) is 5.69 Å². The molecule has 3 aromatic rings. The van der Waals surface area contributed by atoms with E-state index in [0.717, 1.165) is 41.5 Å². The molecule has 0 radical (unpaired) electrons. The smallest absolute Gasteiger partial charge is 0.229 e. The van der Waals surface area contributed by atoms with Gasteiger partial charge in [0.2, 0.25) is 10.0 Å². The third-order valence-corrected chi connectivity index (χ3v) is 5.74. The van der Waals surface area contributed by atoms with E-state index in [1.165, 1.54) is 16.7 Å². The minimum Gasteiger partial charge on any atom is -0.497 e. The highest BCUT2D eigenvalue weighted by Gasteiger charge is 2.18. The van der Waals surface area contributed by atoms with Crippen LogP contribution in [0, 0.1) is 0 Å². The molecule has 0 heterocycles. The first-order chi connectivity index (χ1) is 14.4. The fourth-order valence-corrected chi connectivity index (χ4v) is 4.28. The number of anilines is 1. The molecule has 0 spiro atoms. The lowest BCUT2D eigenvalue weighted by molar-refractivity contribution is 0.414. The lowest BCUT2D eigenvalue weighted by Crippen LogP contribution is -2.09. The summed E-state index contributed by atoms with van der Waals surface area (Å²) in [4.78, 5) is 0. The highest BCUT2D eigenvalue weighted by Crippen LogP contribution is 2.34. The van der Waals surface area contributed by atoms with Crippen LogP contribution in [0.25, 0.3) is 11.6 Å². The number of nitrogens with one attached hydrogen (secondary N) is 1. The molecule has 0 saturated carbocycles. The molecule has 4 nitrogen and oxygen atoms in total. The van der Waals surface area contributed by atoms with Crippen molar-refractivity contribution in [1.82, 2.24) is 0 Å². The number of benzene rings is 3. The Morgan fingerprint density at radius 3 is 2.37 bits per heavy atom. The standard InChI is InChI=1S/C25H23NO3S/c1-29-22-14-16-24-20(17-22)11-10-19-5-3-4-6-23(19)25(24)15-9-18-7-12-21(13-8-18)26-30(2,27)28/h3-9,12-14,16-17,26H,10-11H2,1-2H3. The van der Waals surface area contributed by atoms with Crippen molar-refractivity contribution in [2.24, 2.45) is 0 Å². The zero-order chi connectivity index (χ0) is 21.1. The van der Waals surface area contributed by atoms with Crippen molar-refractivity contribution in [3.63, 3.8) is 0 Å². The Balaban J connectivity index is 1.79. The zero-order valence-corrected chi connectivity index (χ0v) is 17.8. The topological polar surface area (TPSA) is 55.4 Å². The highest BCUT2D eigenvalue weighted by molar-refractivity contribution is 7.92. The largest absolute Gasteiger partial charge is 0.497 e. The van der Waals surface area contributed by atoms with Crippen LogP contribution in [0.3, 0.4) is 0 Å². The van der Waals surface area contributed by atoms with Crippen molar-refractivity contribution in [2.75, 3.05) is 18.1 Å². The molecule has 0 fully saturated rings. The van der Waals surface area contributed by atoms with Gasteiger partial charge in [0.25, 0.3) is 0 Å². The Labute approximate surface area is 177 Å². The van der Waals surface area contributed by atoms with E-state index in [1.54, 1.807) is 19.2 Å². The van der Waals surface area contributed by atoms with Crippen molar-refractivity contribution in [3.8, 4) is 5.75 Å². The number of methoxy groups -OCH3 is 1. The number of hydrogen-bond acceptors (Lipinski definition) is 3. The molecule has 0 amide bonds. The second kappa shape index (κ2) is 8.23. The molecule has 1 aliphatic carbocycles. The number of ether oxygens (including phenoxy) is 1. The van der Waals surface area contributed by atoms with E-state index in [4.69, 9.17) is 4.74 Å². The van der Waals surface area contributed by atoms with E-state index in [9.17, 15) is 8.42 Å². The van der Waals surface area contributed by atoms with E-state index in [2.05, 4.69) is 46.9 Å². The van der Waals surface area contributed by atoms with E-state index < -0.39 is 10.0 Å². The Bertz CT molecular complexity index is 1250. The molecule has 1 N–H and O–H groups in total. The number of aryl methyl sites for hydroxylation is 2. The molecule has 30 heavy (non-hydrogen) atoms. The average molecular weight is 418 g/mol. The molecule has 0 saturated heterocycles. The van der Waals surface area contributed by atoms with Crippen LogP contribution in [0.1, 0.15) is 27.8 Å². The summed E-state index contributed by atoms with van der Waals surface area (Å²) in [6, 6.07) is 21.9. The van der Waals surface area contributed by atoms with Gasteiger partial charge in [0.15, 0.2) is 0 Å². The summed E-state index contributed by atoms with van der Waals surface area (Å²) >= 11 is 0. The summed E-state index contributed by atoms with van der Waals surface area (Å²) in [6.45, 7) is 0. The van der Waals surface area contributed by atoms with Gasteiger partial charge in [0, 0.05) is 11.3 Å². The van der Waals surface area contributed by atoms with Gasteiger partial charge in [-0.3, -0.25) is 4.72 Å². The molecule has 0 aliphatic heterocycles. The van der Waals surface area contributed by atoms with Gasteiger partial charge in [0.1, 0.15) is 5.75 Å². The highest BCUT2D eigenvalue weighted by atomic mass is 32.2. The first kappa shape index (κ1) is 20.0. The SMILES string of the molecule is COc1ccc2c(c1)CCc1ccccc1C2=C=Cc1ccc(NS(C)(=O)=O)cc1. The third kappa shape index (κ3) is 4.48. The maximum atomic E-state index is 11.4. The monoisotopic (exact) mass is 417 g/mol. The molecule has 4 rings (SSSR count). The molecule has 5 heteroatoms. The number of fused-ring (bicyclic) bond motifs is 2. The van der Waals surface area contributed by atoms with Crippen LogP contribution in [0.2, 0.25) is 0 Å². The summed E-state index contributed by atoms with van der Waals surface area (Å²) in [6.07, 6.45) is 4.99. The zero-order valence-electron chi connectivity index (χ0n) is 17.0. The first-order valence-corrected chi connectivity index (χ1v) is 11.6. The van der Waals surface area contributed by atoms with Crippen LogP contribution >= 0.6 is 0 Å². The van der Waals surface area contributed by atoms with Crippen molar-refractivity contribution in [1.29, 1.82) is 0 Å². The van der Waals surface area contributed by atoms with Gasteiger partial charge in [-0.1, -0.05) is 36.4 Å². The van der Waals surface area contributed by atoms with E-state index >= 15 is 0 Å². The lowest BCUT2D eigenvalue weighted by atomic mass is 9.94. The van der Waals surface area contributed by atoms with Crippen LogP contribution in [-0.4, -0.2) is 21.8 Å². The fourth-order valence-electron chi connectivity index (χ4n) is 3.72. The second-order valence-electron chi connectivity index (χ2n) is 7.34. The predicted molar refractivity (Wildman–Crippen MR) is 122 cm³/mol. The summed E-state index contributed by atoms with van der Waals surface area (Å²) in [7, 11) is -1.60. The average Bonchev–Trinajstić information content (AvgIpc) is 2.88. The van der Waals surface area contributed by atoms with Gasteiger partial charge < -0.3 is 4.74 Å². The summed E-state index contributed by atoms with van der Waals surface area (Å²) in [5.74, 6) is 0.858. The maximum Gasteiger partial charge on any atom is 0.229 e. The summed E-state index contributed by atoms with van der Waals surface area (Å²) in [5, 5.41) is 0. The van der Waals surface area contributed by atoms with Crippen LogP contribution in [0.15, 0.2) is 72.5 Å². The maximum absolute atomic E-state index is 11.4. The van der Waals surface area contributed by atoms with Crippen molar-refractivity contribution < 1.29 is 13.2 Å². The summed E-state index contributed by atoms with van der Waals surface area (Å²) in [5.41, 5.74) is 10.9. The number of hydrogen-bond donors (Lipinski definition) is 1. The Hall–Kier alpha value is -3.27. The van der Waals surface area contributed by atoms with Crippen LogP contribution in [0.5, 0.6) is 5.75 Å². The molecule has 0 aromatic heterocycles.